The summed E-state index contributed by atoms with van der Waals surface area (Å²) >= 11 is 3.49. The van der Waals surface area contributed by atoms with Gasteiger partial charge in [0.2, 0.25) is 0 Å². The normalized spacial score (nSPS) is 12.2. The first-order valence-corrected chi connectivity index (χ1v) is 7.19. The average Bonchev–Trinajstić information content (AvgIpc) is 2.40. The zero-order valence-electron chi connectivity index (χ0n) is 11.3. The van der Waals surface area contributed by atoms with Crippen LogP contribution in [0.4, 0.5) is 5.69 Å². The summed E-state index contributed by atoms with van der Waals surface area (Å²) in [7, 11) is 0. The molecule has 0 fully saturated rings. The lowest BCUT2D eigenvalue weighted by Gasteiger charge is -2.21. The molecule has 0 aliphatic rings. The minimum atomic E-state index is 0.134. The number of anilines is 1. The first kappa shape index (κ1) is 14.1. The highest BCUT2D eigenvalue weighted by atomic mass is 79.9. The molecule has 1 unspecified atom stereocenters. The van der Waals surface area contributed by atoms with Crippen molar-refractivity contribution in [3.8, 4) is 0 Å². The highest BCUT2D eigenvalue weighted by Gasteiger charge is 2.12. The van der Waals surface area contributed by atoms with Gasteiger partial charge in [-0.25, -0.2) is 0 Å². The SMILES string of the molecule is Cc1cccc(C(CN)Nc2cccc(Br)c2)c1C. The molecule has 100 valence electrons. The molecule has 2 rings (SSSR count). The maximum atomic E-state index is 5.94. The van der Waals surface area contributed by atoms with Crippen molar-refractivity contribution >= 4 is 21.6 Å². The van der Waals surface area contributed by atoms with Crippen LogP contribution in [-0.2, 0) is 0 Å². The molecule has 0 heterocycles. The molecule has 1 atom stereocenters. The van der Waals surface area contributed by atoms with Crippen molar-refractivity contribution in [3.05, 3.63) is 63.6 Å². The quantitative estimate of drug-likeness (QED) is 0.887. The lowest BCUT2D eigenvalue weighted by molar-refractivity contribution is 0.782. The molecule has 2 nitrogen and oxygen atoms in total. The molecule has 0 bridgehead atoms. The predicted octanol–water partition coefficient (Wildman–Crippen LogP) is 4.18. The monoisotopic (exact) mass is 318 g/mol. The third-order valence-electron chi connectivity index (χ3n) is 3.42. The summed E-state index contributed by atoms with van der Waals surface area (Å²) in [6, 6.07) is 14.6. The van der Waals surface area contributed by atoms with Crippen LogP contribution in [0, 0.1) is 13.8 Å². The molecule has 0 spiro atoms. The molecule has 2 aromatic rings. The molecule has 2 aromatic carbocycles. The lowest BCUT2D eigenvalue weighted by Crippen LogP contribution is -2.21. The first-order valence-electron chi connectivity index (χ1n) is 6.40. The van der Waals surface area contributed by atoms with E-state index in [2.05, 4.69) is 65.4 Å². The molecule has 0 radical (unpaired) electrons. The van der Waals surface area contributed by atoms with E-state index >= 15 is 0 Å². The fourth-order valence-electron chi connectivity index (χ4n) is 2.19. The number of nitrogens with one attached hydrogen (secondary N) is 1. The predicted molar refractivity (Wildman–Crippen MR) is 85.5 cm³/mol. The molecular weight excluding hydrogens is 300 g/mol. The smallest absolute Gasteiger partial charge is 0.0638 e. The second-order valence-electron chi connectivity index (χ2n) is 4.73. The van der Waals surface area contributed by atoms with Gasteiger partial charge in [0.25, 0.3) is 0 Å². The van der Waals surface area contributed by atoms with E-state index in [0.717, 1.165) is 10.2 Å². The van der Waals surface area contributed by atoms with Crippen molar-refractivity contribution in [2.75, 3.05) is 11.9 Å². The summed E-state index contributed by atoms with van der Waals surface area (Å²) in [5.41, 5.74) is 10.9. The van der Waals surface area contributed by atoms with Crippen molar-refractivity contribution in [2.45, 2.75) is 19.9 Å². The Bertz CT molecular complexity index is 566. The Morgan fingerprint density at radius 1 is 1.16 bits per heavy atom. The molecular formula is C16H19BrN2. The van der Waals surface area contributed by atoms with Gasteiger partial charge in [-0.2, -0.15) is 0 Å². The Kier molecular flexibility index (Phi) is 4.61. The minimum absolute atomic E-state index is 0.134. The van der Waals surface area contributed by atoms with E-state index in [-0.39, 0.29) is 6.04 Å². The number of hydrogen-bond donors (Lipinski definition) is 2. The van der Waals surface area contributed by atoms with Crippen LogP contribution in [0.1, 0.15) is 22.7 Å². The van der Waals surface area contributed by atoms with Gasteiger partial charge in [0.05, 0.1) is 6.04 Å². The fourth-order valence-corrected chi connectivity index (χ4v) is 2.59. The van der Waals surface area contributed by atoms with Gasteiger partial charge in [0.1, 0.15) is 0 Å². The second-order valence-corrected chi connectivity index (χ2v) is 5.65. The number of benzene rings is 2. The van der Waals surface area contributed by atoms with Crippen LogP contribution < -0.4 is 11.1 Å². The third-order valence-corrected chi connectivity index (χ3v) is 3.92. The number of hydrogen-bond acceptors (Lipinski definition) is 2. The Labute approximate surface area is 123 Å². The summed E-state index contributed by atoms with van der Waals surface area (Å²) in [6.07, 6.45) is 0. The van der Waals surface area contributed by atoms with Crippen molar-refractivity contribution in [3.63, 3.8) is 0 Å². The van der Waals surface area contributed by atoms with E-state index in [1.807, 2.05) is 12.1 Å². The van der Waals surface area contributed by atoms with Gasteiger partial charge in [-0.3, -0.25) is 0 Å². The zero-order chi connectivity index (χ0) is 13.8. The Balaban J connectivity index is 2.28. The van der Waals surface area contributed by atoms with E-state index in [9.17, 15) is 0 Å². The van der Waals surface area contributed by atoms with Crippen LogP contribution in [0.5, 0.6) is 0 Å². The fraction of sp³-hybridized carbons (Fsp3) is 0.250. The van der Waals surface area contributed by atoms with Crippen molar-refractivity contribution in [2.24, 2.45) is 5.73 Å². The summed E-state index contributed by atoms with van der Waals surface area (Å²) in [5.74, 6) is 0. The van der Waals surface area contributed by atoms with Gasteiger partial charge in [0.15, 0.2) is 0 Å². The van der Waals surface area contributed by atoms with Crippen LogP contribution >= 0.6 is 15.9 Å². The Hall–Kier alpha value is -1.32. The van der Waals surface area contributed by atoms with Crippen LogP contribution in [0.15, 0.2) is 46.9 Å². The summed E-state index contributed by atoms with van der Waals surface area (Å²) < 4.78 is 1.06. The van der Waals surface area contributed by atoms with E-state index in [0.29, 0.717) is 6.54 Å². The van der Waals surface area contributed by atoms with E-state index in [1.165, 1.54) is 16.7 Å². The van der Waals surface area contributed by atoms with Gasteiger partial charge < -0.3 is 11.1 Å². The second kappa shape index (κ2) is 6.22. The van der Waals surface area contributed by atoms with Gasteiger partial charge in [-0.1, -0.05) is 40.2 Å². The lowest BCUT2D eigenvalue weighted by atomic mass is 9.97. The molecule has 0 saturated carbocycles. The van der Waals surface area contributed by atoms with E-state index < -0.39 is 0 Å². The standard InChI is InChI=1S/C16H19BrN2/c1-11-5-3-8-15(12(11)2)16(10-18)19-14-7-4-6-13(17)9-14/h3-9,16,19H,10,18H2,1-2H3. The van der Waals surface area contributed by atoms with Crippen molar-refractivity contribution < 1.29 is 0 Å². The molecule has 0 amide bonds. The number of halogens is 1. The molecule has 3 heteroatoms. The molecule has 0 saturated heterocycles. The highest BCUT2D eigenvalue weighted by molar-refractivity contribution is 9.10. The molecule has 0 aromatic heterocycles. The summed E-state index contributed by atoms with van der Waals surface area (Å²) in [5, 5.41) is 3.50. The Morgan fingerprint density at radius 3 is 2.58 bits per heavy atom. The number of aryl methyl sites for hydroxylation is 1. The maximum Gasteiger partial charge on any atom is 0.0638 e. The first-order chi connectivity index (χ1) is 9.11. The molecule has 0 aliphatic heterocycles. The summed E-state index contributed by atoms with van der Waals surface area (Å²) in [6.45, 7) is 4.85. The van der Waals surface area contributed by atoms with Crippen LogP contribution in [-0.4, -0.2) is 6.54 Å². The largest absolute Gasteiger partial charge is 0.377 e. The van der Waals surface area contributed by atoms with E-state index in [1.54, 1.807) is 0 Å². The van der Waals surface area contributed by atoms with Gasteiger partial charge in [-0.05, 0) is 48.7 Å². The third kappa shape index (κ3) is 3.37. The van der Waals surface area contributed by atoms with Crippen LogP contribution in [0.2, 0.25) is 0 Å². The van der Waals surface area contributed by atoms with Gasteiger partial charge in [-0.15, -0.1) is 0 Å². The van der Waals surface area contributed by atoms with Gasteiger partial charge >= 0.3 is 0 Å². The Morgan fingerprint density at radius 2 is 1.89 bits per heavy atom. The molecule has 19 heavy (non-hydrogen) atoms. The van der Waals surface area contributed by atoms with Crippen LogP contribution in [0.3, 0.4) is 0 Å². The number of nitrogens with two attached hydrogens (primary N) is 1. The van der Waals surface area contributed by atoms with Crippen molar-refractivity contribution in [1.29, 1.82) is 0 Å². The molecule has 3 N–H and O–H groups in total. The van der Waals surface area contributed by atoms with E-state index in [4.69, 9.17) is 5.73 Å². The minimum Gasteiger partial charge on any atom is -0.377 e. The molecule has 0 aliphatic carbocycles. The van der Waals surface area contributed by atoms with Crippen molar-refractivity contribution in [1.82, 2.24) is 0 Å². The maximum absolute atomic E-state index is 5.94. The van der Waals surface area contributed by atoms with Gasteiger partial charge in [0, 0.05) is 16.7 Å². The topological polar surface area (TPSA) is 38.0 Å². The summed E-state index contributed by atoms with van der Waals surface area (Å²) in [4.78, 5) is 0. The number of rotatable bonds is 4. The highest BCUT2D eigenvalue weighted by Crippen LogP contribution is 2.25. The van der Waals surface area contributed by atoms with Crippen LogP contribution in [0.25, 0.3) is 0 Å². The zero-order valence-corrected chi connectivity index (χ0v) is 12.9. The average molecular weight is 319 g/mol.